The molecular formula is C14H19N. The fourth-order valence-corrected chi connectivity index (χ4v) is 1.76. The van der Waals surface area contributed by atoms with Crippen LogP contribution in [0.3, 0.4) is 0 Å². The molecule has 15 heavy (non-hydrogen) atoms. The predicted octanol–water partition coefficient (Wildman–Crippen LogP) is 4.62. The van der Waals surface area contributed by atoms with Crippen molar-refractivity contribution in [1.82, 2.24) is 0 Å². The molecule has 0 atom stereocenters. The van der Waals surface area contributed by atoms with Gasteiger partial charge < -0.3 is 0 Å². The van der Waals surface area contributed by atoms with Gasteiger partial charge in [-0.05, 0) is 30.7 Å². The van der Waals surface area contributed by atoms with Gasteiger partial charge in [0.05, 0.1) is 6.57 Å². The molecule has 1 aromatic rings. The summed E-state index contributed by atoms with van der Waals surface area (Å²) in [6.45, 7) is 15.8. The average Bonchev–Trinajstić information content (AvgIpc) is 2.28. The zero-order valence-corrected chi connectivity index (χ0v) is 10.1. The van der Waals surface area contributed by atoms with Crippen LogP contribution in [0.1, 0.15) is 44.7 Å². The minimum Gasteiger partial charge on any atom is -0.238 e. The number of benzene rings is 1. The number of rotatable bonds is 3. The van der Waals surface area contributed by atoms with Gasteiger partial charge in [-0.3, -0.25) is 0 Å². The summed E-state index contributed by atoms with van der Waals surface area (Å²) >= 11 is 0. The second-order valence-corrected chi connectivity index (χ2v) is 4.38. The standard InChI is InChI=1S/C14H19N/c1-6-14(4,7-2)12-9-8-11(3)13(10-12)15-5/h8-10H,6-7H2,1-4H3. The van der Waals surface area contributed by atoms with Crippen LogP contribution in [0.15, 0.2) is 18.2 Å². The Morgan fingerprint density at radius 1 is 1.27 bits per heavy atom. The van der Waals surface area contributed by atoms with Crippen LogP contribution in [0.2, 0.25) is 0 Å². The maximum absolute atomic E-state index is 7.12. The lowest BCUT2D eigenvalue weighted by molar-refractivity contribution is 0.439. The van der Waals surface area contributed by atoms with Crippen LogP contribution in [0, 0.1) is 13.5 Å². The Labute approximate surface area is 93.0 Å². The second kappa shape index (κ2) is 4.49. The molecule has 0 radical (unpaired) electrons. The van der Waals surface area contributed by atoms with Gasteiger partial charge in [0, 0.05) is 0 Å². The van der Waals surface area contributed by atoms with Crippen LogP contribution >= 0.6 is 0 Å². The molecule has 0 amide bonds. The third kappa shape index (κ3) is 2.21. The lowest BCUT2D eigenvalue weighted by Gasteiger charge is -2.28. The first-order valence-corrected chi connectivity index (χ1v) is 5.56. The highest BCUT2D eigenvalue weighted by molar-refractivity contribution is 5.54. The minimum absolute atomic E-state index is 0.215. The molecule has 1 nitrogen and oxygen atoms in total. The van der Waals surface area contributed by atoms with Gasteiger partial charge in [-0.25, -0.2) is 4.85 Å². The fraction of sp³-hybridized carbons (Fsp3) is 0.500. The summed E-state index contributed by atoms with van der Waals surface area (Å²) in [6, 6.07) is 6.28. The van der Waals surface area contributed by atoms with Crippen LogP contribution in [0.4, 0.5) is 5.69 Å². The molecule has 1 aromatic carbocycles. The molecule has 1 rings (SSSR count). The molecule has 0 aliphatic rings. The van der Waals surface area contributed by atoms with Crippen molar-refractivity contribution in [2.45, 2.75) is 46.0 Å². The normalized spacial score (nSPS) is 11.1. The molecule has 0 saturated carbocycles. The van der Waals surface area contributed by atoms with E-state index in [0.29, 0.717) is 0 Å². The van der Waals surface area contributed by atoms with E-state index < -0.39 is 0 Å². The Morgan fingerprint density at radius 3 is 2.33 bits per heavy atom. The summed E-state index contributed by atoms with van der Waals surface area (Å²) < 4.78 is 0. The van der Waals surface area contributed by atoms with Gasteiger partial charge in [-0.15, -0.1) is 0 Å². The molecule has 0 aliphatic heterocycles. The summed E-state index contributed by atoms with van der Waals surface area (Å²) in [5.74, 6) is 0. The first kappa shape index (κ1) is 11.8. The van der Waals surface area contributed by atoms with Crippen LogP contribution in [0.5, 0.6) is 0 Å². The van der Waals surface area contributed by atoms with Gasteiger partial charge in [0.1, 0.15) is 0 Å². The summed E-state index contributed by atoms with van der Waals surface area (Å²) in [4.78, 5) is 3.56. The highest BCUT2D eigenvalue weighted by atomic mass is 14.6. The highest BCUT2D eigenvalue weighted by Crippen LogP contribution is 2.34. The average molecular weight is 201 g/mol. The first-order valence-electron chi connectivity index (χ1n) is 5.56. The Morgan fingerprint density at radius 2 is 1.87 bits per heavy atom. The van der Waals surface area contributed by atoms with E-state index in [9.17, 15) is 0 Å². The highest BCUT2D eigenvalue weighted by Gasteiger charge is 2.22. The zero-order valence-electron chi connectivity index (χ0n) is 10.1. The summed E-state index contributed by atoms with van der Waals surface area (Å²) in [7, 11) is 0. The summed E-state index contributed by atoms with van der Waals surface area (Å²) in [5.41, 5.74) is 3.38. The van der Waals surface area contributed by atoms with Crippen molar-refractivity contribution in [3.63, 3.8) is 0 Å². The molecule has 0 aliphatic carbocycles. The van der Waals surface area contributed by atoms with Crippen molar-refractivity contribution in [2.75, 3.05) is 0 Å². The van der Waals surface area contributed by atoms with Gasteiger partial charge in [-0.1, -0.05) is 44.5 Å². The maximum Gasteiger partial charge on any atom is 0.190 e. The van der Waals surface area contributed by atoms with E-state index >= 15 is 0 Å². The van der Waals surface area contributed by atoms with Crippen molar-refractivity contribution >= 4 is 5.69 Å². The Balaban J connectivity index is 3.22. The number of aryl methyl sites for hydroxylation is 1. The molecule has 0 saturated heterocycles. The molecular weight excluding hydrogens is 182 g/mol. The smallest absolute Gasteiger partial charge is 0.190 e. The number of hydrogen-bond acceptors (Lipinski definition) is 0. The van der Waals surface area contributed by atoms with Crippen LogP contribution in [0.25, 0.3) is 4.85 Å². The third-order valence-corrected chi connectivity index (χ3v) is 3.59. The first-order chi connectivity index (χ1) is 7.07. The molecule has 0 unspecified atom stereocenters. The quantitative estimate of drug-likeness (QED) is 0.628. The van der Waals surface area contributed by atoms with Gasteiger partial charge in [0.2, 0.25) is 0 Å². The Hall–Kier alpha value is -1.29. The van der Waals surface area contributed by atoms with E-state index in [1.165, 1.54) is 5.56 Å². The minimum atomic E-state index is 0.215. The molecule has 0 fully saturated rings. The van der Waals surface area contributed by atoms with Crippen molar-refractivity contribution in [3.8, 4) is 0 Å². The lowest BCUT2D eigenvalue weighted by atomic mass is 9.77. The predicted molar refractivity (Wildman–Crippen MR) is 65.4 cm³/mol. The molecule has 0 bridgehead atoms. The summed E-state index contributed by atoms with van der Waals surface area (Å²) in [6.07, 6.45) is 2.23. The van der Waals surface area contributed by atoms with Crippen molar-refractivity contribution in [2.24, 2.45) is 0 Å². The van der Waals surface area contributed by atoms with E-state index in [2.05, 4.69) is 43.8 Å². The van der Waals surface area contributed by atoms with Crippen LogP contribution in [-0.4, -0.2) is 0 Å². The SMILES string of the molecule is [C-]#[N+]c1cc(C(C)(CC)CC)ccc1C. The van der Waals surface area contributed by atoms with E-state index in [1.807, 2.05) is 6.92 Å². The van der Waals surface area contributed by atoms with Gasteiger partial charge in [-0.2, -0.15) is 0 Å². The lowest BCUT2D eigenvalue weighted by Crippen LogP contribution is -2.19. The topological polar surface area (TPSA) is 4.36 Å². The van der Waals surface area contributed by atoms with Crippen molar-refractivity contribution < 1.29 is 0 Å². The monoisotopic (exact) mass is 201 g/mol. The molecule has 0 spiro atoms. The molecule has 0 heterocycles. The van der Waals surface area contributed by atoms with Gasteiger partial charge in [0.15, 0.2) is 5.69 Å². The van der Waals surface area contributed by atoms with Gasteiger partial charge >= 0.3 is 0 Å². The largest absolute Gasteiger partial charge is 0.238 e. The van der Waals surface area contributed by atoms with Gasteiger partial charge in [0.25, 0.3) is 0 Å². The number of nitrogens with zero attached hydrogens (tertiary/aromatic N) is 1. The fourth-order valence-electron chi connectivity index (χ4n) is 1.76. The molecule has 0 aromatic heterocycles. The maximum atomic E-state index is 7.12. The van der Waals surface area contributed by atoms with Crippen LogP contribution < -0.4 is 0 Å². The van der Waals surface area contributed by atoms with E-state index in [4.69, 9.17) is 6.57 Å². The summed E-state index contributed by atoms with van der Waals surface area (Å²) in [5, 5.41) is 0. The molecule has 1 heteroatoms. The molecule has 80 valence electrons. The zero-order chi connectivity index (χ0) is 11.5. The van der Waals surface area contributed by atoms with Crippen LogP contribution in [-0.2, 0) is 5.41 Å². The molecule has 0 N–H and O–H groups in total. The van der Waals surface area contributed by atoms with E-state index in [0.717, 1.165) is 24.1 Å². The Bertz CT molecular complexity index is 381. The van der Waals surface area contributed by atoms with Crippen molar-refractivity contribution in [3.05, 3.63) is 40.7 Å². The van der Waals surface area contributed by atoms with E-state index in [-0.39, 0.29) is 5.41 Å². The Kier molecular flexibility index (Phi) is 3.52. The number of hydrogen-bond donors (Lipinski definition) is 0. The van der Waals surface area contributed by atoms with Crippen molar-refractivity contribution in [1.29, 1.82) is 0 Å². The van der Waals surface area contributed by atoms with E-state index in [1.54, 1.807) is 0 Å². The third-order valence-electron chi connectivity index (χ3n) is 3.59. The second-order valence-electron chi connectivity index (χ2n) is 4.38.